The number of benzene rings is 1. The molecule has 3 rings (SSSR count). The van der Waals surface area contributed by atoms with Crippen molar-refractivity contribution in [2.75, 3.05) is 46.4 Å². The van der Waals surface area contributed by atoms with Crippen molar-refractivity contribution in [3.63, 3.8) is 0 Å². The van der Waals surface area contributed by atoms with Crippen molar-refractivity contribution >= 4 is 46.7 Å². The largest absolute Gasteiger partial charge is 0.462 e. The quantitative estimate of drug-likeness (QED) is 0.151. The van der Waals surface area contributed by atoms with Gasteiger partial charge in [0.05, 0.1) is 18.8 Å². The third-order valence-corrected chi connectivity index (χ3v) is 7.47. The molecule has 204 valence electrons. The van der Waals surface area contributed by atoms with Crippen molar-refractivity contribution in [1.82, 2.24) is 20.2 Å². The SMILES string of the molecule is C=N/C=C(\C=N/CCN(CCCCc1c[nH]c2ccc(C)cc12)CCNC)c1nc(C)c(C(=O)OCC)s1. The minimum absolute atomic E-state index is 0.330. The number of fused-ring (bicyclic) bond motifs is 1. The molecule has 9 heteroatoms. The number of aliphatic imine (C=N–C) groups is 2. The van der Waals surface area contributed by atoms with Crippen molar-refractivity contribution in [2.45, 2.75) is 40.0 Å². The third-order valence-electron chi connectivity index (χ3n) is 6.28. The molecule has 0 radical (unpaired) electrons. The first-order valence-electron chi connectivity index (χ1n) is 13.2. The van der Waals surface area contributed by atoms with Crippen LogP contribution in [0.4, 0.5) is 0 Å². The fraction of sp³-hybridized carbons (Fsp3) is 0.448. The van der Waals surface area contributed by atoms with Gasteiger partial charge in [0.1, 0.15) is 9.88 Å². The normalized spacial score (nSPS) is 12.2. The standard InChI is InChI=1S/C29H40N6O2S/c1-6-37-29(36)27-22(3)34-28(38-27)24(18-31-5)19-32-13-16-35(15-12-30-4)14-8-7-9-23-20-33-26-11-10-21(2)17-25(23)26/h10-11,17-20,30,33H,5-9,12-16H2,1-4H3/b24-18+,32-19-. The zero-order valence-electron chi connectivity index (χ0n) is 23.0. The van der Waals surface area contributed by atoms with E-state index < -0.39 is 0 Å². The number of carbonyl (C=O) groups is 1. The Morgan fingerprint density at radius 3 is 2.87 bits per heavy atom. The molecule has 2 heterocycles. The van der Waals surface area contributed by atoms with Gasteiger partial charge >= 0.3 is 5.97 Å². The van der Waals surface area contributed by atoms with Crippen molar-refractivity contribution in [3.8, 4) is 0 Å². The van der Waals surface area contributed by atoms with E-state index in [2.05, 4.69) is 68.2 Å². The molecule has 8 nitrogen and oxygen atoms in total. The Hall–Kier alpha value is -3.14. The molecule has 0 bridgehead atoms. The van der Waals surface area contributed by atoms with Crippen LogP contribution in [0, 0.1) is 13.8 Å². The number of ether oxygens (including phenoxy) is 1. The van der Waals surface area contributed by atoms with Crippen molar-refractivity contribution in [2.24, 2.45) is 9.98 Å². The van der Waals surface area contributed by atoms with E-state index in [1.165, 1.54) is 33.4 Å². The Kier molecular flexibility index (Phi) is 11.9. The summed E-state index contributed by atoms with van der Waals surface area (Å²) in [7, 11) is 1.98. The average Bonchev–Trinajstić information content (AvgIpc) is 3.49. The molecule has 0 atom stereocenters. The number of nitrogens with one attached hydrogen (secondary N) is 2. The zero-order valence-corrected chi connectivity index (χ0v) is 23.9. The molecule has 0 saturated heterocycles. The first kappa shape index (κ1) is 29.4. The number of hydrogen-bond acceptors (Lipinski definition) is 8. The van der Waals surface area contributed by atoms with E-state index in [1.54, 1.807) is 19.3 Å². The molecule has 2 aromatic heterocycles. The maximum atomic E-state index is 12.2. The highest BCUT2D eigenvalue weighted by molar-refractivity contribution is 7.15. The molecule has 0 aliphatic heterocycles. The summed E-state index contributed by atoms with van der Waals surface area (Å²) in [4.78, 5) is 31.6. The van der Waals surface area contributed by atoms with E-state index in [-0.39, 0.29) is 5.97 Å². The van der Waals surface area contributed by atoms with Crippen LogP contribution in [0.1, 0.15) is 51.3 Å². The van der Waals surface area contributed by atoms with Crippen LogP contribution < -0.4 is 5.32 Å². The number of aromatic nitrogens is 2. The van der Waals surface area contributed by atoms with Crippen LogP contribution in [0.3, 0.4) is 0 Å². The predicted molar refractivity (Wildman–Crippen MR) is 160 cm³/mol. The molecule has 2 N–H and O–H groups in total. The van der Waals surface area contributed by atoms with E-state index in [9.17, 15) is 4.79 Å². The Morgan fingerprint density at radius 2 is 2.11 bits per heavy atom. The summed E-state index contributed by atoms with van der Waals surface area (Å²) in [5.41, 5.74) is 5.29. The number of esters is 1. The van der Waals surface area contributed by atoms with Crippen LogP contribution in [0.5, 0.6) is 0 Å². The molecule has 0 unspecified atom stereocenters. The van der Waals surface area contributed by atoms with Crippen molar-refractivity contribution < 1.29 is 9.53 Å². The zero-order chi connectivity index (χ0) is 27.3. The molecule has 0 aliphatic rings. The van der Waals surface area contributed by atoms with Gasteiger partial charge in [0.25, 0.3) is 0 Å². The van der Waals surface area contributed by atoms with E-state index in [0.29, 0.717) is 28.7 Å². The van der Waals surface area contributed by atoms with Crippen molar-refractivity contribution in [3.05, 3.63) is 57.3 Å². The van der Waals surface area contributed by atoms with Gasteiger partial charge in [-0.2, -0.15) is 0 Å². The van der Waals surface area contributed by atoms with Crippen LogP contribution in [0.25, 0.3) is 16.5 Å². The fourth-order valence-corrected chi connectivity index (χ4v) is 5.20. The molecule has 0 spiro atoms. The number of unbranched alkanes of at least 4 members (excludes halogenated alkanes) is 1. The summed E-state index contributed by atoms with van der Waals surface area (Å²) < 4.78 is 5.13. The molecule has 0 amide bonds. The second kappa shape index (κ2) is 15.3. The molecule has 38 heavy (non-hydrogen) atoms. The van der Waals surface area contributed by atoms with Crippen LogP contribution in [-0.4, -0.2) is 80.1 Å². The average molecular weight is 537 g/mol. The lowest BCUT2D eigenvalue weighted by Crippen LogP contribution is -2.33. The lowest BCUT2D eigenvalue weighted by Gasteiger charge is -2.21. The fourth-order valence-electron chi connectivity index (χ4n) is 4.27. The van der Waals surface area contributed by atoms with Gasteiger partial charge in [-0.1, -0.05) is 11.6 Å². The first-order valence-corrected chi connectivity index (χ1v) is 14.0. The Morgan fingerprint density at radius 1 is 1.26 bits per heavy atom. The van der Waals surface area contributed by atoms with Gasteiger partial charge in [-0.15, -0.1) is 11.3 Å². The number of carbonyl (C=O) groups excluding carboxylic acids is 1. The van der Waals surface area contributed by atoms with Crippen LogP contribution >= 0.6 is 11.3 Å². The van der Waals surface area contributed by atoms with Crippen LogP contribution in [-0.2, 0) is 11.2 Å². The van der Waals surface area contributed by atoms with Gasteiger partial charge < -0.3 is 19.9 Å². The van der Waals surface area contributed by atoms with Gasteiger partial charge in [0.15, 0.2) is 0 Å². The molecule has 3 aromatic rings. The molecule has 0 saturated carbocycles. The number of allylic oxidation sites excluding steroid dienone is 1. The Balaban J connectivity index is 1.53. The summed E-state index contributed by atoms with van der Waals surface area (Å²) >= 11 is 1.29. The monoisotopic (exact) mass is 536 g/mol. The van der Waals surface area contributed by atoms with E-state index in [0.717, 1.165) is 51.0 Å². The predicted octanol–water partition coefficient (Wildman–Crippen LogP) is 5.07. The van der Waals surface area contributed by atoms with Crippen LogP contribution in [0.2, 0.25) is 0 Å². The molecular weight excluding hydrogens is 496 g/mol. The number of thiazole rings is 1. The number of aromatic amines is 1. The molecule has 1 aromatic carbocycles. The van der Waals surface area contributed by atoms with Gasteiger partial charge in [0, 0.05) is 54.7 Å². The summed E-state index contributed by atoms with van der Waals surface area (Å²) in [6.07, 6.45) is 8.90. The number of likely N-dealkylation sites (N-methyl/N-ethyl adjacent to an activating group) is 1. The number of rotatable bonds is 16. The van der Waals surface area contributed by atoms with Crippen molar-refractivity contribution in [1.29, 1.82) is 0 Å². The highest BCUT2D eigenvalue weighted by Crippen LogP contribution is 2.25. The summed E-state index contributed by atoms with van der Waals surface area (Å²) in [6, 6.07) is 6.58. The maximum Gasteiger partial charge on any atom is 0.350 e. The number of aryl methyl sites for hydroxylation is 3. The number of nitrogens with zero attached hydrogens (tertiary/aromatic N) is 4. The van der Waals surface area contributed by atoms with Gasteiger partial charge in [-0.3, -0.25) is 9.98 Å². The van der Waals surface area contributed by atoms with E-state index in [4.69, 9.17) is 4.74 Å². The number of H-pyrrole nitrogens is 1. The highest BCUT2D eigenvalue weighted by Gasteiger charge is 2.17. The number of hydrogen-bond donors (Lipinski definition) is 2. The van der Waals surface area contributed by atoms with Crippen LogP contribution in [0.15, 0.2) is 40.6 Å². The molecule has 0 fully saturated rings. The maximum absolute atomic E-state index is 12.2. The minimum Gasteiger partial charge on any atom is -0.462 e. The lowest BCUT2D eigenvalue weighted by molar-refractivity contribution is 0.0531. The summed E-state index contributed by atoms with van der Waals surface area (Å²) in [5, 5.41) is 5.27. The summed E-state index contributed by atoms with van der Waals surface area (Å²) in [5.74, 6) is -0.350. The van der Waals surface area contributed by atoms with Gasteiger partial charge in [-0.25, -0.2) is 9.78 Å². The van der Waals surface area contributed by atoms with Gasteiger partial charge in [-0.05, 0) is 78.0 Å². The Labute approximate surface area is 229 Å². The second-order valence-corrected chi connectivity index (χ2v) is 10.2. The molecule has 0 aliphatic carbocycles. The highest BCUT2D eigenvalue weighted by atomic mass is 32.1. The first-order chi connectivity index (χ1) is 18.5. The third kappa shape index (κ3) is 8.44. The van der Waals surface area contributed by atoms with Gasteiger partial charge in [0.2, 0.25) is 0 Å². The summed E-state index contributed by atoms with van der Waals surface area (Å²) in [6.45, 7) is 14.1. The molecular formula is C29H40N6O2S. The Bertz CT molecular complexity index is 1260. The minimum atomic E-state index is -0.350. The van der Waals surface area contributed by atoms with E-state index >= 15 is 0 Å². The smallest absolute Gasteiger partial charge is 0.350 e. The lowest BCUT2D eigenvalue weighted by atomic mass is 10.1. The van der Waals surface area contributed by atoms with E-state index in [1.807, 2.05) is 14.0 Å². The topological polar surface area (TPSA) is 95.0 Å². The second-order valence-electron chi connectivity index (χ2n) is 9.22.